The summed E-state index contributed by atoms with van der Waals surface area (Å²) in [4.78, 5) is 13.0. The number of esters is 1. The van der Waals surface area contributed by atoms with Crippen LogP contribution in [-0.2, 0) is 44.9 Å². The number of benzene rings is 2. The van der Waals surface area contributed by atoms with Crippen LogP contribution in [0.25, 0.3) is 0 Å². The van der Waals surface area contributed by atoms with E-state index >= 15 is 0 Å². The van der Waals surface area contributed by atoms with Crippen LogP contribution in [0.1, 0.15) is 92.2 Å². The number of methoxy groups -OCH3 is 2. The Hall–Kier alpha value is -2.05. The van der Waals surface area contributed by atoms with Gasteiger partial charge in [0.25, 0.3) is 0 Å². The summed E-state index contributed by atoms with van der Waals surface area (Å²) >= 11 is 3.65. The molecule has 0 N–H and O–H groups in total. The van der Waals surface area contributed by atoms with Crippen LogP contribution < -0.4 is 4.74 Å². The molecule has 2 aromatic rings. The van der Waals surface area contributed by atoms with Crippen molar-refractivity contribution in [2.24, 2.45) is 5.92 Å². The molecule has 0 heterocycles. The van der Waals surface area contributed by atoms with E-state index < -0.39 is 19.8 Å². The molecule has 0 aliphatic heterocycles. The van der Waals surface area contributed by atoms with E-state index in [4.69, 9.17) is 32.8 Å². The molecule has 0 saturated carbocycles. The highest BCUT2D eigenvalue weighted by atomic mass is 79.9. The lowest BCUT2D eigenvalue weighted by Crippen LogP contribution is -2.48. The van der Waals surface area contributed by atoms with E-state index in [1.165, 1.54) is 0 Å². The molecule has 0 amide bonds. The molecular formula is C42H67BrO8Si. The molecule has 0 unspecified atom stereocenters. The third kappa shape index (κ3) is 15.4. The number of ether oxygens (including phenoxy) is 6. The predicted octanol–water partition coefficient (Wildman–Crippen LogP) is 10.4. The topological polar surface area (TPSA) is 81.7 Å². The van der Waals surface area contributed by atoms with Gasteiger partial charge in [-0.05, 0) is 72.4 Å². The summed E-state index contributed by atoms with van der Waals surface area (Å²) in [5.41, 5.74) is 2.75. The fraction of sp³-hybridized carbons (Fsp3) is 0.643. The largest absolute Gasteiger partial charge is 0.497 e. The highest BCUT2D eigenvalue weighted by Crippen LogP contribution is 2.41. The van der Waals surface area contributed by atoms with Gasteiger partial charge in [0.15, 0.2) is 8.32 Å². The molecule has 0 spiro atoms. The van der Waals surface area contributed by atoms with Gasteiger partial charge < -0.3 is 32.8 Å². The van der Waals surface area contributed by atoms with Gasteiger partial charge in [-0.25, -0.2) is 0 Å². The SMILES string of the molecule is CCC(=O)O[C@@H](C[C@@H](C[C@H](OCc1ccc(OC)cc1)/C(C)=C\[C@@H](CC)COCOCCOC)O[Si](C)(C)C(C)(C)C)C(C)(C)c1cccc(Br)c1. The maximum Gasteiger partial charge on any atom is 0.305 e. The van der Waals surface area contributed by atoms with Crippen molar-refractivity contribution in [3.8, 4) is 5.75 Å². The van der Waals surface area contributed by atoms with E-state index in [1.807, 2.05) is 43.3 Å². The lowest BCUT2D eigenvalue weighted by molar-refractivity contribution is -0.154. The molecular weight excluding hydrogens is 740 g/mol. The van der Waals surface area contributed by atoms with Crippen LogP contribution in [0.2, 0.25) is 18.1 Å². The van der Waals surface area contributed by atoms with Gasteiger partial charge in [-0.2, -0.15) is 0 Å². The standard InChI is InChI=1S/C42H67BrO8Si/c1-13-32(28-48-30-47-23-22-45-9)24-31(3)38(49-29-33-18-20-36(46-10)21-19-33)26-37(51-52(11,12)41(4,5)6)27-39(50-40(44)14-2)42(7,8)34-16-15-17-35(43)25-34/h15-21,24-25,32,37-39H,13-14,22-23,26-30H2,1-12H3/b31-24-/t32-,37-,38+,39+/m1/s1. The van der Waals surface area contributed by atoms with E-state index in [0.29, 0.717) is 45.7 Å². The minimum atomic E-state index is -2.28. The van der Waals surface area contributed by atoms with Crippen LogP contribution in [0.3, 0.4) is 0 Å². The summed E-state index contributed by atoms with van der Waals surface area (Å²) in [6.45, 7) is 24.0. The average molecular weight is 808 g/mol. The Kier molecular flexibility index (Phi) is 19.8. The molecule has 294 valence electrons. The van der Waals surface area contributed by atoms with Crippen LogP contribution >= 0.6 is 15.9 Å². The van der Waals surface area contributed by atoms with Crippen LogP contribution in [0.4, 0.5) is 0 Å². The fourth-order valence-corrected chi connectivity index (χ4v) is 7.38. The predicted molar refractivity (Wildman–Crippen MR) is 216 cm³/mol. The molecule has 52 heavy (non-hydrogen) atoms. The van der Waals surface area contributed by atoms with E-state index in [9.17, 15) is 4.79 Å². The van der Waals surface area contributed by atoms with Crippen LogP contribution in [0.5, 0.6) is 5.75 Å². The smallest absolute Gasteiger partial charge is 0.305 e. The van der Waals surface area contributed by atoms with Crippen LogP contribution in [0.15, 0.2) is 64.7 Å². The molecule has 0 aromatic heterocycles. The molecule has 2 aromatic carbocycles. The first-order valence-electron chi connectivity index (χ1n) is 18.7. The van der Waals surface area contributed by atoms with Crippen molar-refractivity contribution in [2.45, 2.75) is 130 Å². The maximum atomic E-state index is 13.0. The normalized spacial score (nSPS) is 15.2. The zero-order valence-corrected chi connectivity index (χ0v) is 36.6. The molecule has 0 fully saturated rings. The maximum absolute atomic E-state index is 13.0. The Morgan fingerprint density at radius 1 is 0.942 bits per heavy atom. The number of rotatable bonds is 24. The molecule has 0 aliphatic carbocycles. The number of carbonyl (C=O) groups excluding carboxylic acids is 1. The van der Waals surface area contributed by atoms with Crippen molar-refractivity contribution in [2.75, 3.05) is 40.8 Å². The van der Waals surface area contributed by atoms with E-state index in [0.717, 1.165) is 33.3 Å². The Bertz CT molecular complexity index is 1350. The van der Waals surface area contributed by atoms with Crippen molar-refractivity contribution >= 4 is 30.2 Å². The second kappa shape index (κ2) is 22.4. The molecule has 0 saturated heterocycles. The van der Waals surface area contributed by atoms with Crippen molar-refractivity contribution in [3.63, 3.8) is 0 Å². The highest BCUT2D eigenvalue weighted by Gasteiger charge is 2.43. The molecule has 8 nitrogen and oxygen atoms in total. The van der Waals surface area contributed by atoms with Crippen molar-refractivity contribution in [1.82, 2.24) is 0 Å². The first-order valence-corrected chi connectivity index (χ1v) is 22.4. The highest BCUT2D eigenvalue weighted by molar-refractivity contribution is 9.10. The zero-order valence-electron chi connectivity index (χ0n) is 34.0. The van der Waals surface area contributed by atoms with E-state index in [1.54, 1.807) is 14.2 Å². The molecule has 2 rings (SSSR count). The summed E-state index contributed by atoms with van der Waals surface area (Å²) in [6.07, 6.45) is 3.63. The van der Waals surface area contributed by atoms with Crippen molar-refractivity contribution < 1.29 is 37.6 Å². The number of hydrogen-bond donors (Lipinski definition) is 0. The van der Waals surface area contributed by atoms with Crippen molar-refractivity contribution in [3.05, 3.63) is 75.8 Å². The van der Waals surface area contributed by atoms with Gasteiger partial charge in [0.1, 0.15) is 18.6 Å². The average Bonchev–Trinajstić information content (AvgIpc) is 3.09. The van der Waals surface area contributed by atoms with Crippen LogP contribution in [0, 0.1) is 5.92 Å². The Morgan fingerprint density at radius 3 is 2.21 bits per heavy atom. The second-order valence-corrected chi connectivity index (χ2v) is 21.3. The monoisotopic (exact) mass is 806 g/mol. The summed E-state index contributed by atoms with van der Waals surface area (Å²) in [5.74, 6) is 0.753. The molecule has 10 heteroatoms. The lowest BCUT2D eigenvalue weighted by atomic mass is 9.76. The summed E-state index contributed by atoms with van der Waals surface area (Å²) in [6, 6.07) is 16.2. The first kappa shape index (κ1) is 46.1. The van der Waals surface area contributed by atoms with E-state index in [-0.39, 0.29) is 35.9 Å². The van der Waals surface area contributed by atoms with Gasteiger partial charge >= 0.3 is 5.97 Å². The molecule has 0 aliphatic rings. The fourth-order valence-electron chi connectivity index (χ4n) is 5.60. The second-order valence-electron chi connectivity index (χ2n) is 15.7. The minimum absolute atomic E-state index is 0.0268. The summed E-state index contributed by atoms with van der Waals surface area (Å²) in [7, 11) is 1.04. The lowest BCUT2D eigenvalue weighted by Gasteiger charge is -2.43. The molecule has 0 radical (unpaired) electrons. The van der Waals surface area contributed by atoms with Crippen molar-refractivity contribution in [1.29, 1.82) is 0 Å². The summed E-state index contributed by atoms with van der Waals surface area (Å²) in [5, 5.41) is -0.0268. The number of halogens is 1. The minimum Gasteiger partial charge on any atom is -0.497 e. The zero-order chi connectivity index (χ0) is 39.0. The van der Waals surface area contributed by atoms with Gasteiger partial charge in [0.2, 0.25) is 0 Å². The number of hydrogen-bond acceptors (Lipinski definition) is 8. The van der Waals surface area contributed by atoms with Crippen LogP contribution in [-0.4, -0.2) is 73.4 Å². The first-order chi connectivity index (χ1) is 24.5. The third-order valence-corrected chi connectivity index (χ3v) is 15.3. The molecule has 4 atom stereocenters. The van der Waals surface area contributed by atoms with Gasteiger partial charge in [0, 0.05) is 42.2 Å². The van der Waals surface area contributed by atoms with Gasteiger partial charge in [-0.15, -0.1) is 0 Å². The third-order valence-electron chi connectivity index (χ3n) is 10.2. The van der Waals surface area contributed by atoms with E-state index in [2.05, 4.69) is 95.7 Å². The van der Waals surface area contributed by atoms with Gasteiger partial charge in [-0.1, -0.05) is 94.7 Å². The summed E-state index contributed by atoms with van der Waals surface area (Å²) < 4.78 is 43.3. The van der Waals surface area contributed by atoms with Gasteiger partial charge in [0.05, 0.1) is 45.7 Å². The molecule has 0 bridgehead atoms. The van der Waals surface area contributed by atoms with Gasteiger partial charge in [-0.3, -0.25) is 4.79 Å². The Balaban J connectivity index is 2.54. The Morgan fingerprint density at radius 2 is 1.63 bits per heavy atom. The Labute approximate surface area is 324 Å². The quantitative estimate of drug-likeness (QED) is 0.0341. The number of carbonyl (C=O) groups is 1.